The average molecular weight is 444 g/mol. The van der Waals surface area contributed by atoms with Crippen molar-refractivity contribution in [3.63, 3.8) is 0 Å². The highest BCUT2D eigenvalue weighted by Crippen LogP contribution is 2.50. The summed E-state index contributed by atoms with van der Waals surface area (Å²) in [7, 11) is 1.77. The fraction of sp³-hybridized carbons (Fsp3) is 0.346. The van der Waals surface area contributed by atoms with Gasteiger partial charge in [-0.2, -0.15) is 5.26 Å². The summed E-state index contributed by atoms with van der Waals surface area (Å²) in [4.78, 5) is 27.7. The van der Waals surface area contributed by atoms with Crippen LogP contribution in [0.5, 0.6) is 0 Å². The van der Waals surface area contributed by atoms with Gasteiger partial charge in [0.15, 0.2) is 0 Å². The van der Waals surface area contributed by atoms with Gasteiger partial charge in [-0.15, -0.1) is 0 Å². The molecule has 0 saturated heterocycles. The quantitative estimate of drug-likeness (QED) is 0.558. The molecule has 6 nitrogen and oxygen atoms in total. The van der Waals surface area contributed by atoms with E-state index in [0.717, 1.165) is 18.4 Å². The lowest BCUT2D eigenvalue weighted by molar-refractivity contribution is 0.0732. The predicted molar refractivity (Wildman–Crippen MR) is 122 cm³/mol. The van der Waals surface area contributed by atoms with Gasteiger partial charge in [0.1, 0.15) is 17.8 Å². The van der Waals surface area contributed by atoms with Crippen LogP contribution >= 0.6 is 0 Å². The summed E-state index contributed by atoms with van der Waals surface area (Å²) in [6.45, 7) is 2.55. The number of halogens is 1. The van der Waals surface area contributed by atoms with Crippen molar-refractivity contribution in [1.29, 1.82) is 5.26 Å². The molecule has 168 valence electrons. The largest absolute Gasteiger partial charge is 0.341 e. The number of benzene rings is 1. The normalized spacial score (nSPS) is 22.0. The van der Waals surface area contributed by atoms with Gasteiger partial charge in [-0.05, 0) is 67.0 Å². The molecule has 7 heteroatoms. The second kappa shape index (κ2) is 9.45. The lowest BCUT2D eigenvalue weighted by atomic mass is 9.69. The van der Waals surface area contributed by atoms with Crippen molar-refractivity contribution in [2.24, 2.45) is 17.3 Å². The minimum Gasteiger partial charge on any atom is -0.341 e. The molecule has 1 aromatic carbocycles. The maximum absolute atomic E-state index is 13.4. The van der Waals surface area contributed by atoms with Crippen molar-refractivity contribution in [2.45, 2.75) is 26.2 Å². The summed E-state index contributed by atoms with van der Waals surface area (Å²) in [5, 5.41) is 10.3. The molecule has 2 aromatic heterocycles. The van der Waals surface area contributed by atoms with Gasteiger partial charge in [0.25, 0.3) is 5.91 Å². The number of carbonyl (C=O) groups is 1. The summed E-state index contributed by atoms with van der Waals surface area (Å²) in [6, 6.07) is 14.2. The summed E-state index contributed by atoms with van der Waals surface area (Å²) < 4.78 is 13.4. The van der Waals surface area contributed by atoms with E-state index in [1.54, 1.807) is 54.7 Å². The van der Waals surface area contributed by atoms with E-state index in [2.05, 4.69) is 27.9 Å². The zero-order valence-electron chi connectivity index (χ0n) is 18.8. The molecule has 0 N–H and O–H groups in total. The second-order valence-electron chi connectivity index (χ2n) is 8.81. The van der Waals surface area contributed by atoms with E-state index in [0.29, 0.717) is 29.9 Å². The molecule has 0 spiro atoms. The molecule has 3 atom stereocenters. The third-order valence-corrected chi connectivity index (χ3v) is 6.88. The van der Waals surface area contributed by atoms with Crippen molar-refractivity contribution < 1.29 is 9.18 Å². The van der Waals surface area contributed by atoms with Crippen LogP contribution in [-0.2, 0) is 6.42 Å². The Kier molecular flexibility index (Phi) is 6.45. The highest BCUT2D eigenvalue weighted by atomic mass is 19.1. The molecule has 0 aliphatic heterocycles. The van der Waals surface area contributed by atoms with Crippen molar-refractivity contribution in [1.82, 2.24) is 19.9 Å². The molecule has 1 saturated carbocycles. The van der Waals surface area contributed by atoms with Gasteiger partial charge in [0.05, 0.1) is 22.7 Å². The Morgan fingerprint density at radius 1 is 1.18 bits per heavy atom. The number of hydrogen-bond donors (Lipinski definition) is 0. The van der Waals surface area contributed by atoms with Gasteiger partial charge in [-0.3, -0.25) is 9.78 Å². The molecule has 1 amide bonds. The van der Waals surface area contributed by atoms with Crippen LogP contribution in [0.2, 0.25) is 0 Å². The molecule has 0 bridgehead atoms. The van der Waals surface area contributed by atoms with Crippen molar-refractivity contribution in [3.8, 4) is 17.5 Å². The number of nitrogens with zero attached hydrogens (tertiary/aromatic N) is 5. The minimum atomic E-state index is -0.614. The van der Waals surface area contributed by atoms with Crippen LogP contribution < -0.4 is 0 Å². The number of nitriles is 1. The van der Waals surface area contributed by atoms with Crippen LogP contribution in [0.1, 0.15) is 35.7 Å². The van der Waals surface area contributed by atoms with Crippen LogP contribution in [0, 0.1) is 34.4 Å². The number of carbonyl (C=O) groups excluding carboxylic acids is 1. The topological polar surface area (TPSA) is 82.8 Å². The number of rotatable bonds is 6. The zero-order valence-corrected chi connectivity index (χ0v) is 18.8. The number of hydrogen-bond acceptors (Lipinski definition) is 5. The highest BCUT2D eigenvalue weighted by molar-refractivity contribution is 5.99. The minimum absolute atomic E-state index is 0.00988. The van der Waals surface area contributed by atoms with Gasteiger partial charge < -0.3 is 4.90 Å². The smallest absolute Gasteiger partial charge is 0.255 e. The molecule has 3 aromatic rings. The Labute approximate surface area is 193 Å². The van der Waals surface area contributed by atoms with Gasteiger partial charge in [0, 0.05) is 26.0 Å². The standard InChI is InChI=1S/C26H26FN5O/c1-18-5-8-20(26(18,16-28)14-19-6-9-21(27)10-7-19)15-32(2)25(33)22-4-3-12-30-24(22)23-11-13-29-17-31-23/h3-4,6-7,9-13,17-18,20H,5,8,14-15H2,1-2H3/t18-,20-,26+/m0/s1. The molecule has 0 unspecified atom stereocenters. The number of amides is 1. The Morgan fingerprint density at radius 3 is 2.67 bits per heavy atom. The van der Waals surface area contributed by atoms with Crippen LogP contribution in [0.4, 0.5) is 4.39 Å². The van der Waals surface area contributed by atoms with E-state index in [1.165, 1.54) is 18.5 Å². The summed E-state index contributed by atoms with van der Waals surface area (Å²) in [5.41, 5.74) is 1.88. The van der Waals surface area contributed by atoms with Gasteiger partial charge in [-0.25, -0.2) is 14.4 Å². The average Bonchev–Trinajstić information content (AvgIpc) is 3.15. The Bertz CT molecular complexity index is 1160. The molecule has 4 rings (SSSR count). The van der Waals surface area contributed by atoms with Crippen molar-refractivity contribution in [3.05, 3.63) is 78.1 Å². The molecule has 2 heterocycles. The lowest BCUT2D eigenvalue weighted by Gasteiger charge is -2.35. The molecule has 1 fully saturated rings. The second-order valence-corrected chi connectivity index (χ2v) is 8.81. The summed E-state index contributed by atoms with van der Waals surface area (Å²) in [5.74, 6) is -0.265. The Morgan fingerprint density at radius 2 is 1.97 bits per heavy atom. The molecule has 1 aliphatic rings. The first-order valence-corrected chi connectivity index (χ1v) is 11.1. The first-order chi connectivity index (χ1) is 15.9. The van der Waals surface area contributed by atoms with Gasteiger partial charge >= 0.3 is 0 Å². The first-order valence-electron chi connectivity index (χ1n) is 11.1. The predicted octanol–water partition coefficient (Wildman–Crippen LogP) is 4.55. The maximum atomic E-state index is 13.4. The highest BCUT2D eigenvalue weighted by Gasteiger charge is 2.49. The number of aromatic nitrogens is 3. The first kappa shape index (κ1) is 22.5. The molecular weight excluding hydrogens is 417 g/mol. The van der Waals surface area contributed by atoms with Crippen LogP contribution in [0.3, 0.4) is 0 Å². The van der Waals surface area contributed by atoms with Crippen LogP contribution in [0.25, 0.3) is 11.4 Å². The lowest BCUT2D eigenvalue weighted by Crippen LogP contribution is -2.40. The SMILES string of the molecule is C[C@H]1CC[C@@H](CN(C)C(=O)c2cccnc2-c2ccncn2)[C@@]1(C#N)Cc1ccc(F)cc1. The fourth-order valence-corrected chi connectivity index (χ4v) is 4.95. The van der Waals surface area contributed by atoms with Crippen molar-refractivity contribution in [2.75, 3.05) is 13.6 Å². The monoisotopic (exact) mass is 443 g/mol. The van der Waals surface area contributed by atoms with E-state index in [-0.39, 0.29) is 23.6 Å². The fourth-order valence-electron chi connectivity index (χ4n) is 4.95. The third-order valence-electron chi connectivity index (χ3n) is 6.88. The third kappa shape index (κ3) is 4.47. The maximum Gasteiger partial charge on any atom is 0.255 e. The Balaban J connectivity index is 1.57. The molecule has 1 aliphatic carbocycles. The van der Waals surface area contributed by atoms with E-state index < -0.39 is 5.41 Å². The Hall–Kier alpha value is -3.66. The summed E-state index contributed by atoms with van der Waals surface area (Å²) in [6.07, 6.45) is 7.00. The summed E-state index contributed by atoms with van der Waals surface area (Å²) >= 11 is 0. The number of pyridine rings is 1. The van der Waals surface area contributed by atoms with Crippen LogP contribution in [0.15, 0.2) is 61.2 Å². The molecular formula is C26H26FN5O. The zero-order chi connectivity index (χ0) is 23.4. The van der Waals surface area contributed by atoms with E-state index >= 15 is 0 Å². The molecule has 33 heavy (non-hydrogen) atoms. The van der Waals surface area contributed by atoms with E-state index in [9.17, 15) is 14.4 Å². The van der Waals surface area contributed by atoms with Crippen molar-refractivity contribution >= 4 is 5.91 Å². The van der Waals surface area contributed by atoms with Gasteiger partial charge in [0.2, 0.25) is 0 Å². The van der Waals surface area contributed by atoms with Crippen LogP contribution in [-0.4, -0.2) is 39.4 Å². The van der Waals surface area contributed by atoms with E-state index in [1.807, 2.05) is 0 Å². The van der Waals surface area contributed by atoms with Gasteiger partial charge in [-0.1, -0.05) is 19.1 Å². The van der Waals surface area contributed by atoms with E-state index in [4.69, 9.17) is 0 Å². The molecule has 0 radical (unpaired) electrons.